The van der Waals surface area contributed by atoms with Gasteiger partial charge in [0.1, 0.15) is 0 Å². The number of Topliss-reactive ketones (excluding diaryl/α,β-unsaturated/α-hetero) is 1. The normalized spacial score (nSPS) is 13.7. The summed E-state index contributed by atoms with van der Waals surface area (Å²) in [6.07, 6.45) is 2.60. The highest BCUT2D eigenvalue weighted by Gasteiger charge is 2.22. The molecule has 0 radical (unpaired) electrons. The zero-order valence-electron chi connectivity index (χ0n) is 10.6. The number of carbonyl (C=O) groups is 1. The van der Waals surface area contributed by atoms with E-state index in [9.17, 15) is 4.79 Å². The highest BCUT2D eigenvalue weighted by atomic mass is 16.1. The van der Waals surface area contributed by atoms with Crippen molar-refractivity contribution in [3.63, 3.8) is 0 Å². The third-order valence-corrected chi connectivity index (χ3v) is 3.72. The lowest BCUT2D eigenvalue weighted by atomic mass is 9.95. The Balaban J connectivity index is 2.15. The maximum Gasteiger partial charge on any atom is 0.163 e. The van der Waals surface area contributed by atoms with Crippen molar-refractivity contribution < 1.29 is 4.79 Å². The summed E-state index contributed by atoms with van der Waals surface area (Å²) in [7, 11) is 0. The summed E-state index contributed by atoms with van der Waals surface area (Å²) in [5.41, 5.74) is 5.97. The van der Waals surface area contributed by atoms with Gasteiger partial charge in [-0.1, -0.05) is 49.4 Å². The Morgan fingerprint density at radius 2 is 1.78 bits per heavy atom. The van der Waals surface area contributed by atoms with Gasteiger partial charge in [-0.05, 0) is 35.1 Å². The molecule has 2 aromatic rings. The van der Waals surface area contributed by atoms with Gasteiger partial charge in [-0.15, -0.1) is 0 Å². The van der Waals surface area contributed by atoms with Crippen LogP contribution in [0.1, 0.15) is 34.8 Å². The van der Waals surface area contributed by atoms with E-state index < -0.39 is 0 Å². The zero-order chi connectivity index (χ0) is 12.5. The molecule has 0 fully saturated rings. The predicted octanol–water partition coefficient (Wildman–Crippen LogP) is 4.04. The zero-order valence-corrected chi connectivity index (χ0v) is 10.6. The van der Waals surface area contributed by atoms with Gasteiger partial charge >= 0.3 is 0 Å². The number of aryl methyl sites for hydroxylation is 1. The average molecular weight is 236 g/mol. The van der Waals surface area contributed by atoms with E-state index in [0.717, 1.165) is 18.4 Å². The molecule has 18 heavy (non-hydrogen) atoms. The Labute approximate surface area is 107 Å². The molecule has 0 amide bonds. The summed E-state index contributed by atoms with van der Waals surface area (Å²) in [5, 5.41) is 0. The summed E-state index contributed by atoms with van der Waals surface area (Å²) in [5.74, 6) is 0.290. The first-order chi connectivity index (χ1) is 8.79. The van der Waals surface area contributed by atoms with Crippen molar-refractivity contribution >= 4 is 5.78 Å². The molecule has 1 aliphatic carbocycles. The number of carbonyl (C=O) groups excluding carboxylic acids is 1. The van der Waals surface area contributed by atoms with E-state index in [0.29, 0.717) is 12.2 Å². The van der Waals surface area contributed by atoms with Crippen molar-refractivity contribution in [2.24, 2.45) is 0 Å². The van der Waals surface area contributed by atoms with Crippen LogP contribution in [-0.2, 0) is 12.8 Å². The molecule has 3 rings (SSSR count). The van der Waals surface area contributed by atoms with Crippen LogP contribution in [-0.4, -0.2) is 5.78 Å². The van der Waals surface area contributed by atoms with Gasteiger partial charge < -0.3 is 0 Å². The fourth-order valence-electron chi connectivity index (χ4n) is 2.72. The maximum absolute atomic E-state index is 11.8. The lowest BCUT2D eigenvalue weighted by Crippen LogP contribution is -1.92. The van der Waals surface area contributed by atoms with Crippen LogP contribution >= 0.6 is 0 Å². The van der Waals surface area contributed by atoms with Gasteiger partial charge in [0.05, 0.1) is 0 Å². The standard InChI is InChI=1S/C17H16O/c1-2-12-5-3-6-13(11-12)14-7-4-8-16-15(14)9-10-17(16)18/h3-8,11H,2,9-10H2,1H3. The van der Waals surface area contributed by atoms with Crippen molar-refractivity contribution in [3.8, 4) is 11.1 Å². The molecule has 0 bridgehead atoms. The second-order valence-corrected chi connectivity index (χ2v) is 4.81. The SMILES string of the molecule is CCc1cccc(-c2cccc3c2CCC3=O)c1. The molecule has 0 spiro atoms. The molecule has 0 aromatic heterocycles. The average Bonchev–Trinajstić information content (AvgIpc) is 2.81. The smallest absolute Gasteiger partial charge is 0.163 e. The highest BCUT2D eigenvalue weighted by Crippen LogP contribution is 2.32. The van der Waals surface area contributed by atoms with Crippen LogP contribution in [0.5, 0.6) is 0 Å². The van der Waals surface area contributed by atoms with E-state index in [-0.39, 0.29) is 0 Å². The van der Waals surface area contributed by atoms with E-state index in [1.54, 1.807) is 0 Å². The van der Waals surface area contributed by atoms with Crippen LogP contribution in [0.2, 0.25) is 0 Å². The van der Waals surface area contributed by atoms with Crippen molar-refractivity contribution in [2.75, 3.05) is 0 Å². The highest BCUT2D eigenvalue weighted by molar-refractivity contribution is 6.02. The van der Waals surface area contributed by atoms with Gasteiger partial charge in [0.15, 0.2) is 5.78 Å². The quantitative estimate of drug-likeness (QED) is 0.769. The number of rotatable bonds is 2. The van der Waals surface area contributed by atoms with Crippen molar-refractivity contribution in [1.29, 1.82) is 0 Å². The minimum absolute atomic E-state index is 0.290. The summed E-state index contributed by atoms with van der Waals surface area (Å²) in [6.45, 7) is 2.16. The van der Waals surface area contributed by atoms with Gasteiger partial charge in [0.25, 0.3) is 0 Å². The molecule has 0 unspecified atom stereocenters. The van der Waals surface area contributed by atoms with Crippen LogP contribution in [0.25, 0.3) is 11.1 Å². The van der Waals surface area contributed by atoms with Gasteiger partial charge in [-0.3, -0.25) is 4.79 Å². The van der Waals surface area contributed by atoms with Crippen LogP contribution < -0.4 is 0 Å². The van der Waals surface area contributed by atoms with Crippen LogP contribution in [0, 0.1) is 0 Å². The van der Waals surface area contributed by atoms with Crippen LogP contribution in [0.15, 0.2) is 42.5 Å². The molecule has 2 aromatic carbocycles. The second-order valence-electron chi connectivity index (χ2n) is 4.81. The summed E-state index contributed by atoms with van der Waals surface area (Å²) in [6, 6.07) is 14.7. The van der Waals surface area contributed by atoms with E-state index >= 15 is 0 Å². The molecular weight excluding hydrogens is 220 g/mol. The number of benzene rings is 2. The summed E-state index contributed by atoms with van der Waals surface area (Å²) >= 11 is 0. The molecule has 1 heteroatoms. The Morgan fingerprint density at radius 3 is 2.61 bits per heavy atom. The monoisotopic (exact) mass is 236 g/mol. The predicted molar refractivity (Wildman–Crippen MR) is 73.9 cm³/mol. The molecule has 0 atom stereocenters. The third kappa shape index (κ3) is 1.76. The molecule has 0 N–H and O–H groups in total. The molecule has 0 heterocycles. The number of fused-ring (bicyclic) bond motifs is 1. The summed E-state index contributed by atoms with van der Waals surface area (Å²) < 4.78 is 0. The Morgan fingerprint density at radius 1 is 1.00 bits per heavy atom. The largest absolute Gasteiger partial charge is 0.294 e. The minimum atomic E-state index is 0.290. The molecular formula is C17H16O. The van der Waals surface area contributed by atoms with E-state index in [1.807, 2.05) is 12.1 Å². The number of hydrogen-bond donors (Lipinski definition) is 0. The van der Waals surface area contributed by atoms with Gasteiger partial charge in [0.2, 0.25) is 0 Å². The Bertz CT molecular complexity index is 611. The lowest BCUT2D eigenvalue weighted by molar-refractivity contribution is 0.0994. The molecule has 1 aliphatic rings. The van der Waals surface area contributed by atoms with Crippen molar-refractivity contribution in [3.05, 3.63) is 59.2 Å². The van der Waals surface area contributed by atoms with Crippen molar-refractivity contribution in [1.82, 2.24) is 0 Å². The fraction of sp³-hybridized carbons (Fsp3) is 0.235. The Kier molecular flexibility index (Phi) is 2.75. The fourth-order valence-corrected chi connectivity index (χ4v) is 2.72. The van der Waals surface area contributed by atoms with Crippen LogP contribution in [0.3, 0.4) is 0 Å². The second kappa shape index (κ2) is 4.41. The van der Waals surface area contributed by atoms with E-state index in [2.05, 4.69) is 37.3 Å². The Hall–Kier alpha value is -1.89. The van der Waals surface area contributed by atoms with E-state index in [4.69, 9.17) is 0 Å². The van der Waals surface area contributed by atoms with Gasteiger partial charge in [-0.2, -0.15) is 0 Å². The molecule has 0 saturated heterocycles. The number of ketones is 1. The molecule has 0 aliphatic heterocycles. The van der Waals surface area contributed by atoms with Crippen LogP contribution in [0.4, 0.5) is 0 Å². The topological polar surface area (TPSA) is 17.1 Å². The van der Waals surface area contributed by atoms with E-state index in [1.165, 1.54) is 22.3 Å². The first-order valence-corrected chi connectivity index (χ1v) is 6.54. The number of hydrogen-bond acceptors (Lipinski definition) is 1. The molecule has 90 valence electrons. The van der Waals surface area contributed by atoms with Crippen molar-refractivity contribution in [2.45, 2.75) is 26.2 Å². The minimum Gasteiger partial charge on any atom is -0.294 e. The molecule has 1 nitrogen and oxygen atoms in total. The maximum atomic E-state index is 11.8. The first-order valence-electron chi connectivity index (χ1n) is 6.54. The van der Waals surface area contributed by atoms with Gasteiger partial charge in [0, 0.05) is 12.0 Å². The lowest BCUT2D eigenvalue weighted by Gasteiger charge is -2.09. The van der Waals surface area contributed by atoms with Gasteiger partial charge in [-0.25, -0.2) is 0 Å². The third-order valence-electron chi connectivity index (χ3n) is 3.72. The summed E-state index contributed by atoms with van der Waals surface area (Å²) in [4.78, 5) is 11.8. The first kappa shape index (κ1) is 11.2. The molecule has 0 saturated carbocycles.